The van der Waals surface area contributed by atoms with Gasteiger partial charge < -0.3 is 10.6 Å². The molecule has 1 aromatic rings. The Hall–Kier alpha value is -1.16. The van der Waals surface area contributed by atoms with Gasteiger partial charge in [-0.1, -0.05) is 13.3 Å². The van der Waals surface area contributed by atoms with Crippen LogP contribution in [-0.4, -0.2) is 23.3 Å². The summed E-state index contributed by atoms with van der Waals surface area (Å²) in [5.74, 6) is 1.80. The summed E-state index contributed by atoms with van der Waals surface area (Å²) in [7, 11) is 0. The van der Waals surface area contributed by atoms with Gasteiger partial charge in [-0.2, -0.15) is 5.10 Å². The molecule has 1 aromatic heterocycles. The van der Waals surface area contributed by atoms with E-state index in [0.717, 1.165) is 30.5 Å². The molecular formula is C14H24N4. The molecule has 2 N–H and O–H groups in total. The van der Waals surface area contributed by atoms with Crippen LogP contribution >= 0.6 is 0 Å². The first-order valence-electron chi connectivity index (χ1n) is 6.95. The van der Waals surface area contributed by atoms with Gasteiger partial charge in [-0.25, -0.2) is 0 Å². The van der Waals surface area contributed by atoms with Crippen molar-refractivity contribution < 1.29 is 0 Å². The number of anilines is 1. The highest BCUT2D eigenvalue weighted by Crippen LogP contribution is 2.27. The Morgan fingerprint density at radius 2 is 2.11 bits per heavy atom. The fourth-order valence-electron chi connectivity index (χ4n) is 2.73. The van der Waals surface area contributed by atoms with E-state index in [1.807, 2.05) is 6.92 Å². The minimum Gasteiger partial charge on any atom is -0.355 e. The Morgan fingerprint density at radius 3 is 2.78 bits per heavy atom. The normalized spacial score (nSPS) is 20.2. The molecule has 2 heterocycles. The first-order chi connectivity index (χ1) is 8.67. The summed E-state index contributed by atoms with van der Waals surface area (Å²) in [5.41, 5.74) is 9.25. The summed E-state index contributed by atoms with van der Waals surface area (Å²) in [4.78, 5) is 2.37. The lowest BCUT2D eigenvalue weighted by Gasteiger charge is -2.34. The van der Waals surface area contributed by atoms with Crippen molar-refractivity contribution in [3.8, 4) is 0 Å². The Morgan fingerprint density at radius 1 is 1.33 bits per heavy atom. The zero-order chi connectivity index (χ0) is 13.1. The van der Waals surface area contributed by atoms with Gasteiger partial charge in [-0.3, -0.25) is 0 Å². The quantitative estimate of drug-likeness (QED) is 0.890. The molecule has 100 valence electrons. The minimum atomic E-state index is 0.546. The predicted octanol–water partition coefficient (Wildman–Crippen LogP) is 2.18. The molecule has 0 radical (unpaired) electrons. The van der Waals surface area contributed by atoms with Crippen molar-refractivity contribution in [3.63, 3.8) is 0 Å². The number of piperidine rings is 1. The molecule has 4 nitrogen and oxygen atoms in total. The SMILES string of the molecule is CCC1CCCN(c2nnc(C)c(C)c2CN)C1. The second-order valence-electron chi connectivity index (χ2n) is 5.28. The van der Waals surface area contributed by atoms with Gasteiger partial charge in [0.15, 0.2) is 5.82 Å². The molecule has 0 saturated carbocycles. The van der Waals surface area contributed by atoms with Crippen molar-refractivity contribution in [3.05, 3.63) is 16.8 Å². The van der Waals surface area contributed by atoms with Gasteiger partial charge in [0.05, 0.1) is 5.69 Å². The summed E-state index contributed by atoms with van der Waals surface area (Å²) in [6, 6.07) is 0. The lowest BCUT2D eigenvalue weighted by molar-refractivity contribution is 0.401. The Balaban J connectivity index is 2.30. The van der Waals surface area contributed by atoms with Gasteiger partial charge >= 0.3 is 0 Å². The molecule has 1 atom stereocenters. The van der Waals surface area contributed by atoms with E-state index in [4.69, 9.17) is 5.73 Å². The highest BCUT2D eigenvalue weighted by molar-refractivity contribution is 5.51. The molecule has 1 aliphatic heterocycles. The number of nitrogens with zero attached hydrogens (tertiary/aromatic N) is 3. The van der Waals surface area contributed by atoms with Gasteiger partial charge in [0, 0.05) is 25.2 Å². The molecule has 0 spiro atoms. The van der Waals surface area contributed by atoms with Crippen LogP contribution < -0.4 is 10.6 Å². The van der Waals surface area contributed by atoms with Crippen molar-refractivity contribution in [2.45, 2.75) is 46.6 Å². The summed E-state index contributed by atoms with van der Waals surface area (Å²) in [6.07, 6.45) is 3.83. The molecule has 1 unspecified atom stereocenters. The zero-order valence-electron chi connectivity index (χ0n) is 11.7. The highest BCUT2D eigenvalue weighted by Gasteiger charge is 2.22. The van der Waals surface area contributed by atoms with Crippen LogP contribution in [0.4, 0.5) is 5.82 Å². The summed E-state index contributed by atoms with van der Waals surface area (Å²) < 4.78 is 0. The van der Waals surface area contributed by atoms with Crippen LogP contribution in [0.1, 0.15) is 43.0 Å². The fourth-order valence-corrected chi connectivity index (χ4v) is 2.73. The van der Waals surface area contributed by atoms with Crippen molar-refractivity contribution in [1.29, 1.82) is 0 Å². The molecule has 0 aliphatic carbocycles. The number of rotatable bonds is 3. The van der Waals surface area contributed by atoms with E-state index in [9.17, 15) is 0 Å². The third-order valence-corrected chi connectivity index (χ3v) is 4.16. The van der Waals surface area contributed by atoms with E-state index in [1.165, 1.54) is 30.4 Å². The Kier molecular flexibility index (Phi) is 4.17. The van der Waals surface area contributed by atoms with Crippen LogP contribution in [-0.2, 0) is 6.54 Å². The topological polar surface area (TPSA) is 55.0 Å². The predicted molar refractivity (Wildman–Crippen MR) is 74.6 cm³/mol. The smallest absolute Gasteiger partial charge is 0.156 e. The molecule has 1 aliphatic rings. The zero-order valence-corrected chi connectivity index (χ0v) is 11.7. The standard InChI is InChI=1S/C14H24N4/c1-4-12-6-5-7-18(9-12)14-13(8-15)10(2)11(3)16-17-14/h12H,4-9,15H2,1-3H3. The maximum Gasteiger partial charge on any atom is 0.156 e. The minimum absolute atomic E-state index is 0.546. The second kappa shape index (κ2) is 5.65. The number of hydrogen-bond acceptors (Lipinski definition) is 4. The maximum atomic E-state index is 5.90. The number of aromatic nitrogens is 2. The van der Waals surface area contributed by atoms with Crippen LogP contribution in [0.25, 0.3) is 0 Å². The second-order valence-corrected chi connectivity index (χ2v) is 5.28. The van der Waals surface area contributed by atoms with Crippen LogP contribution in [0.15, 0.2) is 0 Å². The van der Waals surface area contributed by atoms with Crippen molar-refractivity contribution in [2.24, 2.45) is 11.7 Å². The van der Waals surface area contributed by atoms with Crippen molar-refractivity contribution in [2.75, 3.05) is 18.0 Å². The largest absolute Gasteiger partial charge is 0.355 e. The first kappa shape index (κ1) is 13.3. The number of nitrogens with two attached hydrogens (primary N) is 1. The van der Waals surface area contributed by atoms with Gasteiger partial charge in [-0.05, 0) is 38.2 Å². The maximum absolute atomic E-state index is 5.90. The summed E-state index contributed by atoms with van der Waals surface area (Å²) in [6.45, 7) is 9.09. The third-order valence-electron chi connectivity index (χ3n) is 4.16. The lowest BCUT2D eigenvalue weighted by atomic mass is 9.95. The van der Waals surface area contributed by atoms with Gasteiger partial charge in [0.25, 0.3) is 0 Å². The van der Waals surface area contributed by atoms with Gasteiger partial charge in [0.1, 0.15) is 0 Å². The summed E-state index contributed by atoms with van der Waals surface area (Å²) in [5, 5.41) is 8.66. The Labute approximate surface area is 110 Å². The molecule has 0 aromatic carbocycles. The van der Waals surface area contributed by atoms with Crippen LogP contribution in [0.2, 0.25) is 0 Å². The molecule has 1 fully saturated rings. The van der Waals surface area contributed by atoms with E-state index in [2.05, 4.69) is 28.9 Å². The van der Waals surface area contributed by atoms with Crippen LogP contribution in [0, 0.1) is 19.8 Å². The molecule has 0 amide bonds. The van der Waals surface area contributed by atoms with E-state index < -0.39 is 0 Å². The van der Waals surface area contributed by atoms with Crippen molar-refractivity contribution >= 4 is 5.82 Å². The van der Waals surface area contributed by atoms with Crippen molar-refractivity contribution in [1.82, 2.24) is 10.2 Å². The molecule has 1 saturated heterocycles. The summed E-state index contributed by atoms with van der Waals surface area (Å²) >= 11 is 0. The molecular weight excluding hydrogens is 224 g/mol. The van der Waals surface area contributed by atoms with E-state index in [0.29, 0.717) is 6.54 Å². The average Bonchev–Trinajstić information content (AvgIpc) is 2.41. The fraction of sp³-hybridized carbons (Fsp3) is 0.714. The van der Waals surface area contributed by atoms with E-state index >= 15 is 0 Å². The molecule has 18 heavy (non-hydrogen) atoms. The average molecular weight is 248 g/mol. The highest BCUT2D eigenvalue weighted by atomic mass is 15.3. The van der Waals surface area contributed by atoms with Crippen LogP contribution in [0.5, 0.6) is 0 Å². The molecule has 2 rings (SSSR count). The lowest BCUT2D eigenvalue weighted by Crippen LogP contribution is -2.37. The van der Waals surface area contributed by atoms with Gasteiger partial charge in [-0.15, -0.1) is 5.10 Å². The van der Waals surface area contributed by atoms with E-state index in [-0.39, 0.29) is 0 Å². The van der Waals surface area contributed by atoms with Crippen LogP contribution in [0.3, 0.4) is 0 Å². The van der Waals surface area contributed by atoms with E-state index in [1.54, 1.807) is 0 Å². The number of hydrogen-bond donors (Lipinski definition) is 1. The monoisotopic (exact) mass is 248 g/mol. The Bertz CT molecular complexity index is 417. The molecule has 0 bridgehead atoms. The molecule has 4 heteroatoms. The number of aryl methyl sites for hydroxylation is 1. The third kappa shape index (κ3) is 2.48. The van der Waals surface area contributed by atoms with Gasteiger partial charge in [0.2, 0.25) is 0 Å². The first-order valence-corrected chi connectivity index (χ1v) is 6.95.